The number of hydrogen-bond donors (Lipinski definition) is 1. The van der Waals surface area contributed by atoms with Gasteiger partial charge >= 0.3 is 0 Å². The van der Waals surface area contributed by atoms with Crippen molar-refractivity contribution in [1.29, 1.82) is 0 Å². The smallest absolute Gasteiger partial charge is 0.231 e. The summed E-state index contributed by atoms with van der Waals surface area (Å²) >= 11 is 6.62. The Bertz CT molecular complexity index is 1020. The van der Waals surface area contributed by atoms with E-state index in [2.05, 4.69) is 64.8 Å². The van der Waals surface area contributed by atoms with Crippen molar-refractivity contribution in [3.05, 3.63) is 94.5 Å². The van der Waals surface area contributed by atoms with Crippen LogP contribution in [0.3, 0.4) is 0 Å². The second-order valence-electron chi connectivity index (χ2n) is 8.21. The van der Waals surface area contributed by atoms with Crippen molar-refractivity contribution in [3.8, 4) is 11.5 Å². The minimum absolute atomic E-state index is 0.185. The van der Waals surface area contributed by atoms with Crippen molar-refractivity contribution in [2.24, 2.45) is 0 Å². The average Bonchev–Trinajstić information content (AvgIpc) is 3.29. The van der Waals surface area contributed by atoms with Gasteiger partial charge in [-0.05, 0) is 47.7 Å². The molecule has 160 valence electrons. The highest BCUT2D eigenvalue weighted by molar-refractivity contribution is 6.31. The third-order valence-corrected chi connectivity index (χ3v) is 6.59. The van der Waals surface area contributed by atoms with Crippen LogP contribution in [0.5, 0.6) is 11.5 Å². The highest BCUT2D eigenvalue weighted by atomic mass is 35.5. The van der Waals surface area contributed by atoms with Crippen molar-refractivity contribution in [2.45, 2.75) is 31.5 Å². The second kappa shape index (κ2) is 9.31. The van der Waals surface area contributed by atoms with Crippen LogP contribution in [0.25, 0.3) is 0 Å². The molecule has 31 heavy (non-hydrogen) atoms. The summed E-state index contributed by atoms with van der Waals surface area (Å²) in [6.45, 7) is 3.22. The molecule has 0 bridgehead atoms. The van der Waals surface area contributed by atoms with Gasteiger partial charge in [-0.1, -0.05) is 66.2 Å². The number of benzene rings is 3. The van der Waals surface area contributed by atoms with Gasteiger partial charge in [-0.2, -0.15) is 0 Å². The highest BCUT2D eigenvalue weighted by Crippen LogP contribution is 2.35. The molecule has 1 N–H and O–H groups in total. The largest absolute Gasteiger partial charge is 0.454 e. The lowest BCUT2D eigenvalue weighted by Gasteiger charge is -2.38. The minimum Gasteiger partial charge on any atom is -0.454 e. The first-order valence-electron chi connectivity index (χ1n) is 10.9. The molecular formula is C26H27ClN2O2. The van der Waals surface area contributed by atoms with Crippen molar-refractivity contribution in [2.75, 3.05) is 19.9 Å². The fourth-order valence-electron chi connectivity index (χ4n) is 4.59. The van der Waals surface area contributed by atoms with Crippen LogP contribution >= 0.6 is 11.6 Å². The Balaban J connectivity index is 1.24. The molecule has 3 aromatic carbocycles. The Morgan fingerprint density at radius 1 is 0.903 bits per heavy atom. The third-order valence-electron chi connectivity index (χ3n) is 6.24. The van der Waals surface area contributed by atoms with Gasteiger partial charge in [0, 0.05) is 30.7 Å². The molecule has 0 spiro atoms. The van der Waals surface area contributed by atoms with E-state index in [-0.39, 0.29) is 6.04 Å². The number of nitrogens with zero attached hydrogens (tertiary/aromatic N) is 1. The van der Waals surface area contributed by atoms with Gasteiger partial charge in [-0.3, -0.25) is 4.90 Å². The Kier molecular flexibility index (Phi) is 6.12. The molecule has 2 aliphatic heterocycles. The van der Waals surface area contributed by atoms with Crippen LogP contribution in [0.4, 0.5) is 0 Å². The summed E-state index contributed by atoms with van der Waals surface area (Å²) in [5.74, 6) is 1.68. The lowest BCUT2D eigenvalue weighted by molar-refractivity contribution is 0.162. The molecule has 5 heteroatoms. The summed E-state index contributed by atoms with van der Waals surface area (Å²) in [4.78, 5) is 2.56. The number of piperidine rings is 1. The number of ether oxygens (including phenoxy) is 2. The third kappa shape index (κ3) is 4.57. The number of fused-ring (bicyclic) bond motifs is 1. The van der Waals surface area contributed by atoms with E-state index in [9.17, 15) is 0 Å². The minimum atomic E-state index is 0.185. The second-order valence-corrected chi connectivity index (χ2v) is 8.62. The molecule has 5 rings (SSSR count). The lowest BCUT2D eigenvalue weighted by atomic mass is 9.93. The summed E-state index contributed by atoms with van der Waals surface area (Å²) in [6, 6.07) is 25.8. The van der Waals surface area contributed by atoms with Crippen molar-refractivity contribution < 1.29 is 9.47 Å². The molecular weight excluding hydrogens is 408 g/mol. The van der Waals surface area contributed by atoms with Gasteiger partial charge in [0.15, 0.2) is 11.5 Å². The Labute approximate surface area is 188 Å². The summed E-state index contributed by atoms with van der Waals surface area (Å²) in [7, 11) is 0. The van der Waals surface area contributed by atoms with Gasteiger partial charge in [-0.25, -0.2) is 0 Å². The summed E-state index contributed by atoms with van der Waals surface area (Å²) in [5.41, 5.74) is 3.70. The first-order chi connectivity index (χ1) is 15.3. The highest BCUT2D eigenvalue weighted by Gasteiger charge is 2.28. The van der Waals surface area contributed by atoms with Crippen LogP contribution in [0.15, 0.2) is 72.8 Å². The van der Waals surface area contributed by atoms with Crippen LogP contribution in [-0.4, -0.2) is 30.8 Å². The maximum absolute atomic E-state index is 6.62. The van der Waals surface area contributed by atoms with Crippen LogP contribution in [-0.2, 0) is 6.54 Å². The van der Waals surface area contributed by atoms with E-state index in [4.69, 9.17) is 21.1 Å². The molecule has 0 saturated carbocycles. The fraction of sp³-hybridized carbons (Fsp3) is 0.308. The first-order valence-corrected chi connectivity index (χ1v) is 11.3. The number of hydrogen-bond acceptors (Lipinski definition) is 4. The van der Waals surface area contributed by atoms with E-state index in [0.29, 0.717) is 12.8 Å². The van der Waals surface area contributed by atoms with Crippen LogP contribution in [0, 0.1) is 0 Å². The topological polar surface area (TPSA) is 33.7 Å². The number of nitrogens with one attached hydrogen (secondary N) is 1. The van der Waals surface area contributed by atoms with Gasteiger partial charge < -0.3 is 14.8 Å². The monoisotopic (exact) mass is 434 g/mol. The molecule has 0 aromatic heterocycles. The van der Waals surface area contributed by atoms with Crippen LogP contribution in [0.1, 0.15) is 35.6 Å². The summed E-state index contributed by atoms with van der Waals surface area (Å²) < 4.78 is 10.9. The van der Waals surface area contributed by atoms with E-state index in [1.165, 1.54) is 16.7 Å². The molecule has 1 fully saturated rings. The van der Waals surface area contributed by atoms with Gasteiger partial charge in [0.1, 0.15) is 0 Å². The lowest BCUT2D eigenvalue weighted by Crippen LogP contribution is -2.44. The standard InChI is InChI=1S/C26H27ClN2O2/c27-23-9-5-4-8-22(23)26(20-6-2-1-3-7-20)29-14-12-21(13-15-29)28-17-19-10-11-24-25(16-19)31-18-30-24/h1-11,16,21,26,28H,12-15,17-18H2. The molecule has 1 unspecified atom stereocenters. The molecule has 1 atom stereocenters. The maximum atomic E-state index is 6.62. The van der Waals surface area contributed by atoms with Crippen molar-refractivity contribution >= 4 is 11.6 Å². The van der Waals surface area contributed by atoms with Crippen molar-refractivity contribution in [1.82, 2.24) is 10.2 Å². The Hall–Kier alpha value is -2.53. The predicted octanol–water partition coefficient (Wildman–Crippen LogP) is 5.41. The van der Waals surface area contributed by atoms with E-state index in [0.717, 1.165) is 49.0 Å². The number of halogens is 1. The average molecular weight is 435 g/mol. The van der Waals surface area contributed by atoms with Crippen LogP contribution < -0.4 is 14.8 Å². The molecule has 0 aliphatic carbocycles. The zero-order valence-corrected chi connectivity index (χ0v) is 18.2. The van der Waals surface area contributed by atoms with E-state index in [1.54, 1.807) is 0 Å². The molecule has 2 heterocycles. The number of rotatable bonds is 6. The summed E-state index contributed by atoms with van der Waals surface area (Å²) in [5, 5.41) is 4.56. The van der Waals surface area contributed by atoms with Gasteiger partial charge in [0.25, 0.3) is 0 Å². The first kappa shape index (κ1) is 20.4. The molecule has 4 nitrogen and oxygen atoms in total. The van der Waals surface area contributed by atoms with E-state index >= 15 is 0 Å². The molecule has 2 aliphatic rings. The van der Waals surface area contributed by atoms with E-state index < -0.39 is 0 Å². The molecule has 0 amide bonds. The maximum Gasteiger partial charge on any atom is 0.231 e. The molecule has 3 aromatic rings. The Morgan fingerprint density at radius 3 is 2.45 bits per heavy atom. The number of likely N-dealkylation sites (tertiary alicyclic amines) is 1. The fourth-order valence-corrected chi connectivity index (χ4v) is 4.83. The summed E-state index contributed by atoms with van der Waals surface area (Å²) in [6.07, 6.45) is 2.22. The van der Waals surface area contributed by atoms with Gasteiger partial charge in [0.2, 0.25) is 6.79 Å². The molecule has 0 radical (unpaired) electrons. The van der Waals surface area contributed by atoms with Crippen molar-refractivity contribution in [3.63, 3.8) is 0 Å². The van der Waals surface area contributed by atoms with Crippen LogP contribution in [0.2, 0.25) is 5.02 Å². The van der Waals surface area contributed by atoms with Gasteiger partial charge in [-0.15, -0.1) is 0 Å². The SMILES string of the molecule is Clc1ccccc1C(c1ccccc1)N1CCC(NCc2ccc3c(c2)OCO3)CC1. The zero-order valence-electron chi connectivity index (χ0n) is 17.5. The van der Waals surface area contributed by atoms with E-state index in [1.807, 2.05) is 18.2 Å². The quantitative estimate of drug-likeness (QED) is 0.562. The normalized spacial score (nSPS) is 17.6. The predicted molar refractivity (Wildman–Crippen MR) is 124 cm³/mol. The van der Waals surface area contributed by atoms with Gasteiger partial charge in [0.05, 0.1) is 6.04 Å². The zero-order chi connectivity index (χ0) is 21.0. The Morgan fingerprint density at radius 2 is 1.65 bits per heavy atom. The molecule has 1 saturated heterocycles.